The normalized spacial score (nSPS) is 26.3. The van der Waals surface area contributed by atoms with E-state index in [2.05, 4.69) is 5.32 Å². The molecular formula is C12H20N2O4. The number of aliphatic carboxylic acids is 1. The maximum atomic E-state index is 11.9. The molecule has 2 spiro atoms. The van der Waals surface area contributed by atoms with Crippen molar-refractivity contribution in [2.75, 3.05) is 26.2 Å². The van der Waals surface area contributed by atoms with E-state index in [1.165, 1.54) is 0 Å². The number of hydrogen-bond acceptors (Lipinski definition) is 4. The van der Waals surface area contributed by atoms with Crippen LogP contribution in [0.4, 0.5) is 0 Å². The summed E-state index contributed by atoms with van der Waals surface area (Å²) in [5.74, 6) is -0.613. The maximum absolute atomic E-state index is 11.9. The molecule has 0 radical (unpaired) electrons. The monoisotopic (exact) mass is 256 g/mol. The van der Waals surface area contributed by atoms with Crippen molar-refractivity contribution < 1.29 is 19.4 Å². The molecule has 18 heavy (non-hydrogen) atoms. The second-order valence-electron chi connectivity index (χ2n) is 5.22. The highest BCUT2D eigenvalue weighted by molar-refractivity contribution is 5.89. The first-order valence-corrected chi connectivity index (χ1v) is 6.33. The molecule has 3 aliphatic rings. The summed E-state index contributed by atoms with van der Waals surface area (Å²) in [5, 5.41) is 10.7. The number of rotatable bonds is 1. The number of nitrogens with zero attached hydrogens (tertiary/aromatic N) is 1. The number of nitrogens with one attached hydrogen (secondary N) is 1. The lowest BCUT2D eigenvalue weighted by molar-refractivity contribution is -0.200. The molecule has 0 aromatic carbocycles. The van der Waals surface area contributed by atoms with Gasteiger partial charge in [0.1, 0.15) is 11.2 Å². The van der Waals surface area contributed by atoms with Crippen LogP contribution in [0.15, 0.2) is 0 Å². The fraction of sp³-hybridized carbons (Fsp3) is 0.833. The van der Waals surface area contributed by atoms with E-state index in [9.17, 15) is 4.79 Å². The lowest BCUT2D eigenvalue weighted by Gasteiger charge is -2.51. The number of carbonyl (C=O) groups excluding carboxylic acids is 1. The average Bonchev–Trinajstić information content (AvgIpc) is 3.00. The van der Waals surface area contributed by atoms with Crippen LogP contribution in [0, 0.1) is 0 Å². The summed E-state index contributed by atoms with van der Waals surface area (Å²) < 4.78 is 6.00. The number of likely N-dealkylation sites (N-methyl/N-ethyl adjacent to an activating group) is 1. The maximum Gasteiger partial charge on any atom is 0.300 e. The van der Waals surface area contributed by atoms with E-state index in [1.807, 2.05) is 11.8 Å². The summed E-state index contributed by atoms with van der Waals surface area (Å²) in [6.45, 7) is 6.51. The topological polar surface area (TPSA) is 78.9 Å². The summed E-state index contributed by atoms with van der Waals surface area (Å²) in [4.78, 5) is 22.9. The van der Waals surface area contributed by atoms with Gasteiger partial charge in [-0.2, -0.15) is 0 Å². The number of hydrogen-bond donors (Lipinski definition) is 2. The van der Waals surface area contributed by atoms with Crippen molar-refractivity contribution >= 4 is 11.9 Å². The molecular weight excluding hydrogens is 236 g/mol. The molecule has 6 nitrogen and oxygen atoms in total. The number of morpholine rings is 1. The third-order valence-electron chi connectivity index (χ3n) is 3.55. The molecule has 1 saturated carbocycles. The van der Waals surface area contributed by atoms with Crippen LogP contribution < -0.4 is 5.32 Å². The predicted molar refractivity (Wildman–Crippen MR) is 64.2 cm³/mol. The van der Waals surface area contributed by atoms with Crippen LogP contribution in [-0.2, 0) is 14.3 Å². The summed E-state index contributed by atoms with van der Waals surface area (Å²) in [6.07, 6.45) is 1.84. The Hall–Kier alpha value is -1.14. The molecule has 2 heterocycles. The van der Waals surface area contributed by atoms with Crippen LogP contribution >= 0.6 is 0 Å². The first-order chi connectivity index (χ1) is 8.43. The third kappa shape index (κ3) is 2.35. The van der Waals surface area contributed by atoms with E-state index in [4.69, 9.17) is 14.6 Å². The van der Waals surface area contributed by atoms with Gasteiger partial charge in [0.15, 0.2) is 0 Å². The van der Waals surface area contributed by atoms with Crippen LogP contribution in [0.5, 0.6) is 0 Å². The van der Waals surface area contributed by atoms with Gasteiger partial charge in [-0.3, -0.25) is 9.59 Å². The van der Waals surface area contributed by atoms with Crippen molar-refractivity contribution in [3.63, 3.8) is 0 Å². The lowest BCUT2D eigenvalue weighted by atomic mass is 9.92. The molecule has 0 aromatic rings. The molecule has 3 rings (SSSR count). The zero-order chi connectivity index (χ0) is 13.4. The lowest BCUT2D eigenvalue weighted by Crippen LogP contribution is -2.72. The molecule has 1 amide bonds. The van der Waals surface area contributed by atoms with Gasteiger partial charge in [0.05, 0.1) is 6.54 Å². The molecule has 2 N–H and O–H groups in total. The number of carboxylic acid groups (broad SMARTS) is 1. The molecule has 0 unspecified atom stereocenters. The molecule has 3 fully saturated rings. The molecule has 2 aliphatic heterocycles. The minimum absolute atomic E-state index is 0.0551. The quantitative estimate of drug-likeness (QED) is 0.681. The van der Waals surface area contributed by atoms with Crippen LogP contribution in [0.2, 0.25) is 0 Å². The van der Waals surface area contributed by atoms with Gasteiger partial charge in [-0.25, -0.2) is 0 Å². The molecule has 102 valence electrons. The van der Waals surface area contributed by atoms with Gasteiger partial charge in [-0.15, -0.1) is 0 Å². The Bertz CT molecular complexity index is 357. The van der Waals surface area contributed by atoms with Crippen LogP contribution in [0.1, 0.15) is 26.7 Å². The summed E-state index contributed by atoms with van der Waals surface area (Å²) >= 11 is 0. The van der Waals surface area contributed by atoms with Crippen LogP contribution in [0.3, 0.4) is 0 Å². The Morgan fingerprint density at radius 1 is 1.50 bits per heavy atom. The molecule has 0 bridgehead atoms. The molecule has 2 saturated heterocycles. The minimum Gasteiger partial charge on any atom is -0.481 e. The summed E-state index contributed by atoms with van der Waals surface area (Å²) in [5.41, 5.74) is -0.462. The minimum atomic E-state index is -0.833. The SMILES string of the molecule is CC(=O)O.CCN1CC2(CNC2)OC2(CC2)C1=O. The van der Waals surface area contributed by atoms with Crippen molar-refractivity contribution in [3.8, 4) is 0 Å². The van der Waals surface area contributed by atoms with Crippen molar-refractivity contribution in [2.45, 2.75) is 37.9 Å². The van der Waals surface area contributed by atoms with E-state index in [1.54, 1.807) is 0 Å². The third-order valence-corrected chi connectivity index (χ3v) is 3.55. The molecule has 6 heteroatoms. The van der Waals surface area contributed by atoms with Gasteiger partial charge in [0.2, 0.25) is 0 Å². The summed E-state index contributed by atoms with van der Waals surface area (Å²) in [6, 6.07) is 0. The fourth-order valence-electron chi connectivity index (χ4n) is 2.47. The Balaban J connectivity index is 0.000000267. The number of carbonyl (C=O) groups is 2. The zero-order valence-electron chi connectivity index (χ0n) is 10.9. The Kier molecular flexibility index (Phi) is 3.33. The Morgan fingerprint density at radius 3 is 2.39 bits per heavy atom. The number of ether oxygens (including phenoxy) is 1. The fourth-order valence-corrected chi connectivity index (χ4v) is 2.47. The van der Waals surface area contributed by atoms with E-state index in [-0.39, 0.29) is 11.5 Å². The van der Waals surface area contributed by atoms with E-state index >= 15 is 0 Å². The standard InChI is InChI=1S/C10H16N2O2.C2H4O2/c1-2-12-7-9(5-11-6-9)14-10(3-4-10)8(12)13;1-2(3)4/h11H,2-7H2,1H3;1H3,(H,3,4). The zero-order valence-corrected chi connectivity index (χ0v) is 10.9. The van der Waals surface area contributed by atoms with Gasteiger partial charge < -0.3 is 20.1 Å². The molecule has 0 atom stereocenters. The second kappa shape index (κ2) is 4.51. The predicted octanol–water partition coefficient (Wildman–Crippen LogP) is -0.169. The summed E-state index contributed by atoms with van der Waals surface area (Å²) in [7, 11) is 0. The van der Waals surface area contributed by atoms with Gasteiger partial charge in [-0.1, -0.05) is 0 Å². The first-order valence-electron chi connectivity index (χ1n) is 6.33. The Labute approximate surface area is 106 Å². The van der Waals surface area contributed by atoms with E-state index < -0.39 is 11.6 Å². The number of carboxylic acids is 1. The Morgan fingerprint density at radius 2 is 2.06 bits per heavy atom. The van der Waals surface area contributed by atoms with E-state index in [0.717, 1.165) is 45.9 Å². The van der Waals surface area contributed by atoms with Crippen molar-refractivity contribution in [3.05, 3.63) is 0 Å². The first kappa shape index (κ1) is 13.3. The number of amides is 1. The van der Waals surface area contributed by atoms with Crippen LogP contribution in [0.25, 0.3) is 0 Å². The molecule has 0 aromatic heterocycles. The highest BCUT2D eigenvalue weighted by Gasteiger charge is 2.62. The average molecular weight is 256 g/mol. The highest BCUT2D eigenvalue weighted by Crippen LogP contribution is 2.48. The van der Waals surface area contributed by atoms with E-state index in [0.29, 0.717) is 0 Å². The van der Waals surface area contributed by atoms with Gasteiger partial charge in [-0.05, 0) is 19.8 Å². The van der Waals surface area contributed by atoms with Gasteiger partial charge in [0, 0.05) is 26.6 Å². The smallest absolute Gasteiger partial charge is 0.300 e. The molecule has 1 aliphatic carbocycles. The highest BCUT2D eigenvalue weighted by atomic mass is 16.5. The van der Waals surface area contributed by atoms with Crippen molar-refractivity contribution in [1.29, 1.82) is 0 Å². The second-order valence-corrected chi connectivity index (χ2v) is 5.22. The van der Waals surface area contributed by atoms with Gasteiger partial charge in [0.25, 0.3) is 11.9 Å². The van der Waals surface area contributed by atoms with Crippen molar-refractivity contribution in [2.24, 2.45) is 0 Å². The van der Waals surface area contributed by atoms with Gasteiger partial charge >= 0.3 is 0 Å². The largest absolute Gasteiger partial charge is 0.481 e. The van der Waals surface area contributed by atoms with Crippen molar-refractivity contribution in [1.82, 2.24) is 10.2 Å². The van der Waals surface area contributed by atoms with Crippen LogP contribution in [-0.4, -0.2) is 59.3 Å².